The Morgan fingerprint density at radius 1 is 1.53 bits per heavy atom. The third-order valence-electron chi connectivity index (χ3n) is 2.86. The van der Waals surface area contributed by atoms with Crippen LogP contribution in [0.1, 0.15) is 25.3 Å². The van der Waals surface area contributed by atoms with Crippen LogP contribution in [-0.2, 0) is 11.2 Å². The van der Waals surface area contributed by atoms with Gasteiger partial charge in [-0.3, -0.25) is 0 Å². The van der Waals surface area contributed by atoms with Gasteiger partial charge in [-0.1, -0.05) is 0 Å². The Morgan fingerprint density at radius 3 is 3.00 bits per heavy atom. The summed E-state index contributed by atoms with van der Waals surface area (Å²) in [6.45, 7) is 4.11. The molecule has 1 saturated heterocycles. The zero-order chi connectivity index (χ0) is 10.5. The van der Waals surface area contributed by atoms with Gasteiger partial charge in [0.1, 0.15) is 0 Å². The van der Waals surface area contributed by atoms with E-state index in [1.807, 2.05) is 0 Å². The van der Waals surface area contributed by atoms with E-state index in [1.54, 1.807) is 11.3 Å². The number of hydrogen-bond donors (Lipinski definition) is 1. The van der Waals surface area contributed by atoms with Gasteiger partial charge in [0.05, 0.1) is 0 Å². The lowest BCUT2D eigenvalue weighted by atomic mass is 10.1. The molecule has 1 unspecified atom stereocenters. The summed E-state index contributed by atoms with van der Waals surface area (Å²) in [4.78, 5) is 0. The van der Waals surface area contributed by atoms with Crippen LogP contribution in [0.5, 0.6) is 0 Å². The topological polar surface area (TPSA) is 21.3 Å². The molecule has 2 nitrogen and oxygen atoms in total. The van der Waals surface area contributed by atoms with Crippen LogP contribution >= 0.6 is 11.3 Å². The van der Waals surface area contributed by atoms with E-state index in [-0.39, 0.29) is 0 Å². The van der Waals surface area contributed by atoms with Crippen LogP contribution in [0, 0.1) is 0 Å². The summed E-state index contributed by atoms with van der Waals surface area (Å²) in [6.07, 6.45) is 3.46. The van der Waals surface area contributed by atoms with E-state index in [2.05, 4.69) is 29.1 Å². The fourth-order valence-corrected chi connectivity index (χ4v) is 2.77. The lowest BCUT2D eigenvalue weighted by Gasteiger charge is -2.26. The standard InChI is InChI=1S/C12H19NOS/c1-10(8-11-4-7-15-9-11)13-12-2-5-14-6-3-12/h4,7,9-10,12-13H,2-3,5-6,8H2,1H3. The van der Waals surface area contributed by atoms with Crippen molar-refractivity contribution < 1.29 is 4.74 Å². The molecule has 1 aromatic heterocycles. The predicted octanol–water partition coefficient (Wildman–Crippen LogP) is 2.45. The van der Waals surface area contributed by atoms with Gasteiger partial charge in [-0.15, -0.1) is 0 Å². The van der Waals surface area contributed by atoms with Gasteiger partial charge < -0.3 is 10.1 Å². The number of thiophene rings is 1. The molecule has 84 valence electrons. The van der Waals surface area contributed by atoms with E-state index in [0.717, 1.165) is 32.5 Å². The zero-order valence-corrected chi connectivity index (χ0v) is 10.1. The Morgan fingerprint density at radius 2 is 2.33 bits per heavy atom. The molecule has 1 fully saturated rings. The molecule has 15 heavy (non-hydrogen) atoms. The minimum Gasteiger partial charge on any atom is -0.381 e. The maximum Gasteiger partial charge on any atom is 0.0480 e. The highest BCUT2D eigenvalue weighted by atomic mass is 32.1. The van der Waals surface area contributed by atoms with Gasteiger partial charge in [-0.05, 0) is 48.6 Å². The van der Waals surface area contributed by atoms with Crippen molar-refractivity contribution in [2.24, 2.45) is 0 Å². The molecule has 0 radical (unpaired) electrons. The number of rotatable bonds is 4. The molecule has 1 aliphatic heterocycles. The first-order valence-electron chi connectivity index (χ1n) is 5.69. The van der Waals surface area contributed by atoms with Crippen molar-refractivity contribution in [3.63, 3.8) is 0 Å². The molecule has 0 spiro atoms. The Kier molecular flexibility index (Phi) is 4.18. The van der Waals surface area contributed by atoms with Crippen molar-refractivity contribution in [3.8, 4) is 0 Å². The third kappa shape index (κ3) is 3.59. The summed E-state index contributed by atoms with van der Waals surface area (Å²) in [5.41, 5.74) is 1.45. The first-order valence-corrected chi connectivity index (χ1v) is 6.64. The second-order valence-corrected chi connectivity index (χ2v) is 5.07. The third-order valence-corrected chi connectivity index (χ3v) is 3.60. The van der Waals surface area contributed by atoms with Crippen molar-refractivity contribution >= 4 is 11.3 Å². The minimum atomic E-state index is 0.572. The summed E-state index contributed by atoms with van der Waals surface area (Å²) < 4.78 is 5.35. The molecule has 0 saturated carbocycles. The molecular formula is C12H19NOS. The monoisotopic (exact) mass is 225 g/mol. The number of ether oxygens (including phenoxy) is 1. The minimum absolute atomic E-state index is 0.572. The van der Waals surface area contributed by atoms with Crippen LogP contribution in [0.25, 0.3) is 0 Å². The maximum atomic E-state index is 5.35. The van der Waals surface area contributed by atoms with Crippen molar-refractivity contribution in [2.75, 3.05) is 13.2 Å². The lowest BCUT2D eigenvalue weighted by molar-refractivity contribution is 0.0755. The second-order valence-electron chi connectivity index (χ2n) is 4.29. The van der Waals surface area contributed by atoms with Crippen LogP contribution < -0.4 is 5.32 Å². The smallest absolute Gasteiger partial charge is 0.0480 e. The Balaban J connectivity index is 1.74. The molecular weight excluding hydrogens is 206 g/mol. The van der Waals surface area contributed by atoms with Crippen molar-refractivity contribution in [1.82, 2.24) is 5.32 Å². The van der Waals surface area contributed by atoms with Crippen LogP contribution in [0.3, 0.4) is 0 Å². The molecule has 0 aliphatic carbocycles. The molecule has 1 aromatic rings. The summed E-state index contributed by atoms with van der Waals surface area (Å²) in [7, 11) is 0. The normalized spacial score (nSPS) is 20.3. The fraction of sp³-hybridized carbons (Fsp3) is 0.667. The predicted molar refractivity (Wildman–Crippen MR) is 64.5 cm³/mol. The van der Waals surface area contributed by atoms with E-state index in [0.29, 0.717) is 12.1 Å². The van der Waals surface area contributed by atoms with Crippen molar-refractivity contribution in [1.29, 1.82) is 0 Å². The van der Waals surface area contributed by atoms with Gasteiger partial charge in [-0.2, -0.15) is 11.3 Å². The Bertz CT molecular complexity index is 267. The molecule has 2 rings (SSSR count). The summed E-state index contributed by atoms with van der Waals surface area (Å²) in [5.74, 6) is 0. The summed E-state index contributed by atoms with van der Waals surface area (Å²) in [5, 5.41) is 8.07. The van der Waals surface area contributed by atoms with Crippen LogP contribution in [0.4, 0.5) is 0 Å². The molecule has 2 heterocycles. The van der Waals surface area contributed by atoms with Gasteiger partial charge in [0.15, 0.2) is 0 Å². The summed E-state index contributed by atoms with van der Waals surface area (Å²) in [6, 6.07) is 3.45. The van der Waals surface area contributed by atoms with E-state index >= 15 is 0 Å². The molecule has 1 atom stereocenters. The van der Waals surface area contributed by atoms with Crippen LogP contribution in [-0.4, -0.2) is 25.3 Å². The lowest BCUT2D eigenvalue weighted by Crippen LogP contribution is -2.41. The fourth-order valence-electron chi connectivity index (χ4n) is 2.09. The Labute approximate surface area is 95.6 Å². The molecule has 1 aliphatic rings. The van der Waals surface area contributed by atoms with E-state index in [9.17, 15) is 0 Å². The van der Waals surface area contributed by atoms with E-state index < -0.39 is 0 Å². The highest BCUT2D eigenvalue weighted by Gasteiger charge is 2.15. The first kappa shape index (κ1) is 11.1. The van der Waals surface area contributed by atoms with E-state index in [1.165, 1.54) is 5.56 Å². The Hall–Kier alpha value is -0.380. The number of nitrogens with one attached hydrogen (secondary N) is 1. The van der Waals surface area contributed by atoms with E-state index in [4.69, 9.17) is 4.74 Å². The quantitative estimate of drug-likeness (QED) is 0.850. The van der Waals surface area contributed by atoms with Crippen LogP contribution in [0.2, 0.25) is 0 Å². The summed E-state index contributed by atoms with van der Waals surface area (Å²) >= 11 is 1.78. The van der Waals surface area contributed by atoms with Gasteiger partial charge in [0.25, 0.3) is 0 Å². The highest BCUT2D eigenvalue weighted by molar-refractivity contribution is 7.07. The highest BCUT2D eigenvalue weighted by Crippen LogP contribution is 2.11. The van der Waals surface area contributed by atoms with Gasteiger partial charge in [-0.25, -0.2) is 0 Å². The SMILES string of the molecule is CC(Cc1ccsc1)NC1CCOCC1. The van der Waals surface area contributed by atoms with Gasteiger partial charge >= 0.3 is 0 Å². The molecule has 3 heteroatoms. The molecule has 0 bridgehead atoms. The largest absolute Gasteiger partial charge is 0.381 e. The maximum absolute atomic E-state index is 5.35. The zero-order valence-electron chi connectivity index (χ0n) is 9.24. The van der Waals surface area contributed by atoms with Crippen LogP contribution in [0.15, 0.2) is 16.8 Å². The molecule has 0 aromatic carbocycles. The molecule has 0 amide bonds. The van der Waals surface area contributed by atoms with Crippen molar-refractivity contribution in [3.05, 3.63) is 22.4 Å². The van der Waals surface area contributed by atoms with Crippen molar-refractivity contribution in [2.45, 2.75) is 38.3 Å². The van der Waals surface area contributed by atoms with Gasteiger partial charge in [0, 0.05) is 25.3 Å². The average Bonchev–Trinajstić information content (AvgIpc) is 2.71. The molecule has 1 N–H and O–H groups in total. The average molecular weight is 225 g/mol. The number of hydrogen-bond acceptors (Lipinski definition) is 3. The first-order chi connectivity index (χ1) is 7.34. The second kappa shape index (κ2) is 5.64. The van der Waals surface area contributed by atoms with Gasteiger partial charge in [0.2, 0.25) is 0 Å².